The molecule has 0 bridgehead atoms. The van der Waals surface area contributed by atoms with Crippen molar-refractivity contribution in [2.45, 2.75) is 36.6 Å². The molecule has 0 saturated carbocycles. The van der Waals surface area contributed by atoms with Crippen molar-refractivity contribution in [3.05, 3.63) is 42.5 Å². The van der Waals surface area contributed by atoms with Crippen molar-refractivity contribution in [2.24, 2.45) is 0 Å². The molecule has 0 atom stereocenters. The molecule has 0 spiro atoms. The molecule has 2 aromatic rings. The van der Waals surface area contributed by atoms with Gasteiger partial charge in [-0.25, -0.2) is 8.42 Å². The lowest BCUT2D eigenvalue weighted by Crippen LogP contribution is -2.55. The van der Waals surface area contributed by atoms with E-state index in [2.05, 4.69) is 7.05 Å². The molecule has 4 rings (SSSR count). The Labute approximate surface area is 150 Å². The first-order valence-corrected chi connectivity index (χ1v) is 10.8. The van der Waals surface area contributed by atoms with Crippen LogP contribution in [0.25, 0.3) is 10.8 Å². The molecular formula is C20H27N2O2S+. The summed E-state index contributed by atoms with van der Waals surface area (Å²) in [6.07, 6.45) is 4.57. The van der Waals surface area contributed by atoms with Crippen LogP contribution in [0.5, 0.6) is 0 Å². The molecule has 0 amide bonds. The summed E-state index contributed by atoms with van der Waals surface area (Å²) < 4.78 is 29.3. The van der Waals surface area contributed by atoms with E-state index in [-0.39, 0.29) is 0 Å². The molecule has 0 N–H and O–H groups in total. The van der Waals surface area contributed by atoms with Crippen molar-refractivity contribution >= 4 is 20.8 Å². The van der Waals surface area contributed by atoms with Gasteiger partial charge in [0.1, 0.15) is 0 Å². The summed E-state index contributed by atoms with van der Waals surface area (Å²) in [6.45, 7) is 3.79. The lowest BCUT2D eigenvalue weighted by Gasteiger charge is -2.42. The van der Waals surface area contributed by atoms with Gasteiger partial charge < -0.3 is 4.48 Å². The van der Waals surface area contributed by atoms with Crippen LogP contribution in [0.1, 0.15) is 25.7 Å². The lowest BCUT2D eigenvalue weighted by molar-refractivity contribution is -0.923. The van der Waals surface area contributed by atoms with E-state index in [0.717, 1.165) is 28.1 Å². The van der Waals surface area contributed by atoms with Gasteiger partial charge in [-0.05, 0) is 11.5 Å². The van der Waals surface area contributed by atoms with E-state index < -0.39 is 10.0 Å². The first kappa shape index (κ1) is 17.0. The van der Waals surface area contributed by atoms with Gasteiger partial charge in [-0.3, -0.25) is 0 Å². The Bertz CT molecular complexity index is 859. The van der Waals surface area contributed by atoms with Crippen molar-refractivity contribution in [2.75, 3.05) is 33.2 Å². The largest absolute Gasteiger partial charge is 0.324 e. The van der Waals surface area contributed by atoms with E-state index in [1.54, 1.807) is 10.4 Å². The lowest BCUT2D eigenvalue weighted by atomic mass is 10.0. The van der Waals surface area contributed by atoms with Crippen molar-refractivity contribution < 1.29 is 12.9 Å². The van der Waals surface area contributed by atoms with Gasteiger partial charge in [0.25, 0.3) is 0 Å². The fraction of sp³-hybridized carbons (Fsp3) is 0.500. The Kier molecular flexibility index (Phi) is 4.34. The summed E-state index contributed by atoms with van der Waals surface area (Å²) in [4.78, 5) is 0.450. The second kappa shape index (κ2) is 6.38. The number of hydrogen-bond donors (Lipinski definition) is 0. The van der Waals surface area contributed by atoms with E-state index in [4.69, 9.17) is 0 Å². The minimum absolute atomic E-state index is 0.450. The van der Waals surface area contributed by atoms with E-state index in [1.165, 1.54) is 25.9 Å². The Hall–Kier alpha value is -1.43. The fourth-order valence-electron chi connectivity index (χ4n) is 4.69. The molecule has 0 unspecified atom stereocenters. The molecule has 25 heavy (non-hydrogen) atoms. The van der Waals surface area contributed by atoms with Gasteiger partial charge in [-0.15, -0.1) is 0 Å². The summed E-state index contributed by atoms with van der Waals surface area (Å²) in [6, 6.07) is 13.9. The van der Waals surface area contributed by atoms with Crippen molar-refractivity contribution in [3.63, 3.8) is 0 Å². The number of benzene rings is 2. The number of fused-ring (bicyclic) bond motifs is 1. The summed E-state index contributed by atoms with van der Waals surface area (Å²) in [7, 11) is -1.08. The van der Waals surface area contributed by atoms with E-state index in [1.807, 2.05) is 36.4 Å². The van der Waals surface area contributed by atoms with Crippen LogP contribution in [0.3, 0.4) is 0 Å². The Morgan fingerprint density at radius 3 is 2.32 bits per heavy atom. The first-order chi connectivity index (χ1) is 12.0. The second-order valence-electron chi connectivity index (χ2n) is 7.75. The number of piperidine rings is 1. The van der Waals surface area contributed by atoms with Gasteiger partial charge in [0.15, 0.2) is 0 Å². The average molecular weight is 360 g/mol. The van der Waals surface area contributed by atoms with Crippen molar-refractivity contribution in [3.8, 4) is 0 Å². The molecule has 134 valence electrons. The normalized spacial score (nSPS) is 22.4. The molecule has 2 fully saturated rings. The first-order valence-electron chi connectivity index (χ1n) is 9.33. The molecule has 2 aliphatic heterocycles. The minimum Gasteiger partial charge on any atom is -0.324 e. The molecule has 0 aromatic heterocycles. The quantitative estimate of drug-likeness (QED) is 0.789. The van der Waals surface area contributed by atoms with Crippen molar-refractivity contribution in [1.29, 1.82) is 0 Å². The maximum absolute atomic E-state index is 13.2. The third kappa shape index (κ3) is 2.98. The topological polar surface area (TPSA) is 37.4 Å². The predicted octanol–water partition coefficient (Wildman–Crippen LogP) is 3.23. The number of nitrogens with zero attached hydrogens (tertiary/aromatic N) is 2. The minimum atomic E-state index is -3.43. The number of rotatable bonds is 3. The van der Waals surface area contributed by atoms with Gasteiger partial charge in [0, 0.05) is 44.2 Å². The van der Waals surface area contributed by atoms with Crippen LogP contribution in [0.15, 0.2) is 47.4 Å². The van der Waals surface area contributed by atoms with Gasteiger partial charge in [-0.2, -0.15) is 4.31 Å². The highest BCUT2D eigenvalue weighted by atomic mass is 32.2. The molecule has 2 aliphatic rings. The monoisotopic (exact) mass is 359 g/mol. The van der Waals surface area contributed by atoms with E-state index >= 15 is 0 Å². The van der Waals surface area contributed by atoms with Gasteiger partial charge >= 0.3 is 0 Å². The third-order valence-corrected chi connectivity index (χ3v) is 8.22. The Balaban J connectivity index is 1.57. The average Bonchev–Trinajstić information content (AvgIpc) is 3.09. The second-order valence-corrected chi connectivity index (χ2v) is 9.65. The highest BCUT2D eigenvalue weighted by Crippen LogP contribution is 2.31. The molecule has 2 heterocycles. The molecule has 0 aliphatic carbocycles. The highest BCUT2D eigenvalue weighted by Gasteiger charge is 2.40. The number of likely N-dealkylation sites (tertiary alicyclic amines) is 1. The van der Waals surface area contributed by atoms with Crippen LogP contribution < -0.4 is 0 Å². The number of quaternary nitrogens is 1. The van der Waals surface area contributed by atoms with Gasteiger partial charge in [0.05, 0.1) is 31.1 Å². The van der Waals surface area contributed by atoms with Crippen LogP contribution in [-0.2, 0) is 10.0 Å². The van der Waals surface area contributed by atoms with E-state index in [0.29, 0.717) is 24.0 Å². The fourth-order valence-corrected chi connectivity index (χ4v) is 6.37. The third-order valence-electron chi connectivity index (χ3n) is 6.26. The summed E-state index contributed by atoms with van der Waals surface area (Å²) in [5, 5.41) is 1.80. The molecule has 5 heteroatoms. The molecule has 4 nitrogen and oxygen atoms in total. The standard InChI is InChI=1S/C20H27N2O2S/c1-22(15-4-5-16-22)18-11-13-21(14-12-18)25(23,24)20-10-6-8-17-7-2-3-9-19(17)20/h2-3,6-10,18H,4-5,11-16H2,1H3/q+1. The number of hydrogen-bond acceptors (Lipinski definition) is 2. The molecule has 0 radical (unpaired) electrons. The van der Waals surface area contributed by atoms with Crippen LogP contribution in [-0.4, -0.2) is 56.5 Å². The SMILES string of the molecule is C[N+]1(C2CCN(S(=O)(=O)c3cccc4ccccc34)CC2)CCCC1. The van der Waals surface area contributed by atoms with Gasteiger partial charge in [-0.1, -0.05) is 36.4 Å². The predicted molar refractivity (Wildman–Crippen MR) is 101 cm³/mol. The summed E-state index contributed by atoms with van der Waals surface area (Å²) in [5.74, 6) is 0. The summed E-state index contributed by atoms with van der Waals surface area (Å²) in [5.41, 5.74) is 0. The maximum atomic E-state index is 13.2. The van der Waals surface area contributed by atoms with Crippen LogP contribution >= 0.6 is 0 Å². The van der Waals surface area contributed by atoms with E-state index in [9.17, 15) is 8.42 Å². The number of sulfonamides is 1. The van der Waals surface area contributed by atoms with Gasteiger partial charge in [0.2, 0.25) is 10.0 Å². The molecule has 2 aromatic carbocycles. The smallest absolute Gasteiger partial charge is 0.243 e. The zero-order valence-electron chi connectivity index (χ0n) is 14.9. The highest BCUT2D eigenvalue weighted by molar-refractivity contribution is 7.89. The molecular weight excluding hydrogens is 332 g/mol. The summed E-state index contributed by atoms with van der Waals surface area (Å²) >= 11 is 0. The van der Waals surface area contributed by atoms with Crippen LogP contribution in [0.2, 0.25) is 0 Å². The Morgan fingerprint density at radius 2 is 1.60 bits per heavy atom. The van der Waals surface area contributed by atoms with Crippen LogP contribution in [0, 0.1) is 0 Å². The zero-order valence-corrected chi connectivity index (χ0v) is 15.7. The maximum Gasteiger partial charge on any atom is 0.243 e. The molecule has 2 saturated heterocycles. The zero-order chi connectivity index (χ0) is 17.5. The van der Waals surface area contributed by atoms with Crippen LogP contribution in [0.4, 0.5) is 0 Å². The Morgan fingerprint density at radius 1 is 0.960 bits per heavy atom. The van der Waals surface area contributed by atoms with Crippen molar-refractivity contribution in [1.82, 2.24) is 4.31 Å².